The lowest BCUT2D eigenvalue weighted by molar-refractivity contribution is -0.137. The van der Waals surface area contributed by atoms with Crippen LogP contribution in [-0.2, 0) is 9.53 Å². The van der Waals surface area contributed by atoms with Crippen LogP contribution in [0.4, 0.5) is 0 Å². The van der Waals surface area contributed by atoms with Crippen molar-refractivity contribution in [3.63, 3.8) is 0 Å². The molecule has 2 aliphatic carbocycles. The molecule has 2 saturated carbocycles. The van der Waals surface area contributed by atoms with Crippen LogP contribution in [0.25, 0.3) is 0 Å². The molecular formula is C20H28N2O3. The number of carbonyl (C=O) groups excluding carboxylic acids is 1. The zero-order chi connectivity index (χ0) is 17.2. The van der Waals surface area contributed by atoms with Gasteiger partial charge in [0.05, 0.1) is 19.3 Å². The van der Waals surface area contributed by atoms with E-state index in [4.69, 9.17) is 4.74 Å². The van der Waals surface area contributed by atoms with Gasteiger partial charge in [-0.15, -0.1) is 0 Å². The van der Waals surface area contributed by atoms with Crippen molar-refractivity contribution in [1.82, 2.24) is 9.80 Å². The summed E-state index contributed by atoms with van der Waals surface area (Å²) in [7, 11) is 0. The van der Waals surface area contributed by atoms with Crippen molar-refractivity contribution in [2.75, 3.05) is 26.2 Å². The van der Waals surface area contributed by atoms with Gasteiger partial charge >= 0.3 is 0 Å². The summed E-state index contributed by atoms with van der Waals surface area (Å²) in [5.41, 5.74) is 0.979. The largest absolute Gasteiger partial charge is 0.508 e. The van der Waals surface area contributed by atoms with Crippen molar-refractivity contribution in [2.24, 2.45) is 0 Å². The second kappa shape index (κ2) is 7.34. The summed E-state index contributed by atoms with van der Waals surface area (Å²) in [6.07, 6.45) is 7.16. The predicted molar refractivity (Wildman–Crippen MR) is 95.4 cm³/mol. The maximum atomic E-state index is 13.0. The van der Waals surface area contributed by atoms with Gasteiger partial charge in [0.1, 0.15) is 5.75 Å². The molecule has 1 saturated heterocycles. The van der Waals surface area contributed by atoms with Gasteiger partial charge in [-0.25, -0.2) is 0 Å². The number of hydrogen-bond donors (Lipinski definition) is 1. The van der Waals surface area contributed by atoms with E-state index >= 15 is 0 Å². The summed E-state index contributed by atoms with van der Waals surface area (Å²) < 4.78 is 5.87. The topological polar surface area (TPSA) is 53.0 Å². The van der Waals surface area contributed by atoms with E-state index in [1.807, 2.05) is 12.1 Å². The number of morpholine rings is 1. The van der Waals surface area contributed by atoms with Crippen molar-refractivity contribution >= 4 is 5.91 Å². The quantitative estimate of drug-likeness (QED) is 0.892. The molecule has 1 aromatic carbocycles. The average molecular weight is 344 g/mol. The summed E-state index contributed by atoms with van der Waals surface area (Å²) >= 11 is 0. The van der Waals surface area contributed by atoms with Crippen LogP contribution in [0, 0.1) is 0 Å². The molecule has 0 radical (unpaired) electrons. The highest BCUT2D eigenvalue weighted by molar-refractivity contribution is 5.79. The Morgan fingerprint density at radius 2 is 1.96 bits per heavy atom. The zero-order valence-corrected chi connectivity index (χ0v) is 14.8. The monoisotopic (exact) mass is 344 g/mol. The number of aromatic hydroxyl groups is 1. The van der Waals surface area contributed by atoms with Crippen LogP contribution >= 0.6 is 0 Å². The standard InChI is InChI=1S/C20H28N2O3/c23-18-7-3-4-15(12-18)19-13-21(10-11-25-19)14-20(24)22(17-8-9-17)16-5-1-2-6-16/h3-4,7,12,16-17,19,23H,1-2,5-6,8-11,13-14H2/t19-/m0/s1. The number of phenolic OH excluding ortho intramolecular Hbond substituents is 1. The van der Waals surface area contributed by atoms with Crippen molar-refractivity contribution in [3.05, 3.63) is 29.8 Å². The van der Waals surface area contributed by atoms with Crippen LogP contribution in [0.2, 0.25) is 0 Å². The summed E-state index contributed by atoms with van der Waals surface area (Å²) in [5, 5.41) is 9.69. The second-order valence-electron chi connectivity index (χ2n) is 7.66. The predicted octanol–water partition coefficient (Wildman–Crippen LogP) is 2.70. The third-order valence-electron chi connectivity index (χ3n) is 5.70. The van der Waals surface area contributed by atoms with Crippen LogP contribution in [0.5, 0.6) is 5.75 Å². The molecule has 0 unspecified atom stereocenters. The molecule has 1 atom stereocenters. The molecule has 1 amide bonds. The molecular weight excluding hydrogens is 316 g/mol. The Balaban J connectivity index is 1.38. The molecule has 4 rings (SSSR count). The number of carbonyl (C=O) groups is 1. The molecule has 1 N–H and O–H groups in total. The molecule has 0 aromatic heterocycles. The minimum absolute atomic E-state index is 0.0745. The summed E-state index contributed by atoms with van der Waals surface area (Å²) in [6, 6.07) is 8.22. The maximum absolute atomic E-state index is 13.0. The highest BCUT2D eigenvalue weighted by atomic mass is 16.5. The van der Waals surface area contributed by atoms with Crippen molar-refractivity contribution in [3.8, 4) is 5.75 Å². The van der Waals surface area contributed by atoms with Gasteiger partial charge in [0.2, 0.25) is 5.91 Å². The molecule has 5 nitrogen and oxygen atoms in total. The molecule has 0 bridgehead atoms. The van der Waals surface area contributed by atoms with Gasteiger partial charge < -0.3 is 14.7 Å². The van der Waals surface area contributed by atoms with Crippen LogP contribution in [0.1, 0.15) is 50.2 Å². The first-order valence-corrected chi connectivity index (χ1v) is 9.65. The van der Waals surface area contributed by atoms with Crippen LogP contribution in [-0.4, -0.2) is 59.1 Å². The van der Waals surface area contributed by atoms with Gasteiger partial charge in [-0.2, -0.15) is 0 Å². The van der Waals surface area contributed by atoms with E-state index in [1.165, 1.54) is 38.5 Å². The highest BCUT2D eigenvalue weighted by Crippen LogP contribution is 2.34. The molecule has 1 aromatic rings. The molecule has 1 heterocycles. The second-order valence-corrected chi connectivity index (χ2v) is 7.66. The normalized spacial score (nSPS) is 25.2. The molecule has 5 heteroatoms. The van der Waals surface area contributed by atoms with E-state index < -0.39 is 0 Å². The van der Waals surface area contributed by atoms with Crippen molar-refractivity contribution in [2.45, 2.75) is 56.7 Å². The number of benzene rings is 1. The van der Waals surface area contributed by atoms with Gasteiger partial charge in [0.25, 0.3) is 0 Å². The Kier molecular flexibility index (Phi) is 4.95. The number of nitrogens with zero attached hydrogens (tertiary/aromatic N) is 2. The Bertz CT molecular complexity index is 611. The van der Waals surface area contributed by atoms with E-state index in [-0.39, 0.29) is 11.9 Å². The fourth-order valence-corrected chi connectivity index (χ4v) is 4.29. The zero-order valence-electron chi connectivity index (χ0n) is 14.8. The minimum Gasteiger partial charge on any atom is -0.508 e. The number of phenols is 1. The first-order chi connectivity index (χ1) is 12.2. The molecule has 25 heavy (non-hydrogen) atoms. The first kappa shape index (κ1) is 16.9. The lowest BCUT2D eigenvalue weighted by Crippen LogP contribution is -2.49. The number of rotatable bonds is 5. The third-order valence-corrected chi connectivity index (χ3v) is 5.70. The summed E-state index contributed by atoms with van der Waals surface area (Å²) in [5.74, 6) is 0.557. The SMILES string of the molecule is O=C(CN1CCO[C@H](c2cccc(O)c2)C1)N(C1CCCC1)C1CC1. The maximum Gasteiger partial charge on any atom is 0.237 e. The lowest BCUT2D eigenvalue weighted by Gasteiger charge is -2.36. The summed E-state index contributed by atoms with van der Waals surface area (Å²) in [6.45, 7) is 2.62. The van der Waals surface area contributed by atoms with Gasteiger partial charge in [0, 0.05) is 25.2 Å². The van der Waals surface area contributed by atoms with E-state index in [0.29, 0.717) is 37.7 Å². The number of hydrogen-bond acceptors (Lipinski definition) is 4. The van der Waals surface area contributed by atoms with Gasteiger partial charge in [0.15, 0.2) is 0 Å². The number of amides is 1. The molecule has 3 fully saturated rings. The number of ether oxygens (including phenoxy) is 1. The molecule has 3 aliphatic rings. The highest BCUT2D eigenvalue weighted by Gasteiger charge is 2.39. The molecule has 136 valence electrons. The first-order valence-electron chi connectivity index (χ1n) is 9.65. The van der Waals surface area contributed by atoms with Gasteiger partial charge in [-0.3, -0.25) is 9.69 Å². The lowest BCUT2D eigenvalue weighted by atomic mass is 10.1. The fourth-order valence-electron chi connectivity index (χ4n) is 4.29. The Morgan fingerprint density at radius 3 is 2.68 bits per heavy atom. The average Bonchev–Trinajstić information content (AvgIpc) is 3.29. The molecule has 1 aliphatic heterocycles. The van der Waals surface area contributed by atoms with Crippen LogP contribution in [0.3, 0.4) is 0 Å². The van der Waals surface area contributed by atoms with Gasteiger partial charge in [-0.1, -0.05) is 25.0 Å². The minimum atomic E-state index is -0.0745. The Labute approximate surface area is 149 Å². The van der Waals surface area contributed by atoms with Crippen LogP contribution < -0.4 is 0 Å². The third kappa shape index (κ3) is 3.98. The van der Waals surface area contributed by atoms with E-state index in [9.17, 15) is 9.90 Å². The van der Waals surface area contributed by atoms with E-state index in [2.05, 4.69) is 9.80 Å². The fraction of sp³-hybridized carbons (Fsp3) is 0.650. The summed E-state index contributed by atoms with van der Waals surface area (Å²) in [4.78, 5) is 17.4. The van der Waals surface area contributed by atoms with Gasteiger partial charge in [-0.05, 0) is 43.4 Å². The van der Waals surface area contributed by atoms with E-state index in [1.54, 1.807) is 12.1 Å². The van der Waals surface area contributed by atoms with Crippen molar-refractivity contribution < 1.29 is 14.6 Å². The van der Waals surface area contributed by atoms with Crippen molar-refractivity contribution in [1.29, 1.82) is 0 Å². The smallest absolute Gasteiger partial charge is 0.237 e. The molecule has 0 spiro atoms. The Morgan fingerprint density at radius 1 is 1.20 bits per heavy atom. The van der Waals surface area contributed by atoms with E-state index in [0.717, 1.165) is 12.1 Å². The Hall–Kier alpha value is -1.59. The van der Waals surface area contributed by atoms with Crippen LogP contribution in [0.15, 0.2) is 24.3 Å².